The van der Waals surface area contributed by atoms with E-state index in [0.29, 0.717) is 11.5 Å². The number of rotatable bonds is 1. The van der Waals surface area contributed by atoms with Gasteiger partial charge in [-0.25, -0.2) is 0 Å². The minimum Gasteiger partial charge on any atom is -0.327 e. The zero-order valence-electron chi connectivity index (χ0n) is 10.2. The van der Waals surface area contributed by atoms with E-state index in [0.717, 1.165) is 25.7 Å². The monoisotopic (exact) mass is 247 g/mol. The van der Waals surface area contributed by atoms with Crippen LogP contribution in [0.5, 0.6) is 0 Å². The summed E-state index contributed by atoms with van der Waals surface area (Å²) >= 11 is 0. The number of hydrogen-bond donors (Lipinski definition) is 1. The minimum atomic E-state index is -1.83. The third-order valence-corrected chi connectivity index (χ3v) is 4.53. The van der Waals surface area contributed by atoms with E-state index < -0.39 is 10.6 Å². The lowest BCUT2D eigenvalue weighted by Gasteiger charge is -2.40. The van der Waals surface area contributed by atoms with Gasteiger partial charge >= 0.3 is 5.72 Å². The van der Waals surface area contributed by atoms with Crippen molar-refractivity contribution in [3.8, 4) is 0 Å². The third kappa shape index (κ3) is 1.56. The van der Waals surface area contributed by atoms with Crippen molar-refractivity contribution in [2.75, 3.05) is 0 Å². The van der Waals surface area contributed by atoms with Crippen LogP contribution in [-0.2, 0) is 0 Å². The first-order chi connectivity index (χ1) is 8.63. The van der Waals surface area contributed by atoms with Crippen molar-refractivity contribution in [1.82, 2.24) is 0 Å². The molecular weight excluding hydrogens is 230 g/mol. The first-order valence-corrected chi connectivity index (χ1v) is 6.58. The van der Waals surface area contributed by atoms with Gasteiger partial charge in [-0.3, -0.25) is 10.1 Å². The van der Waals surface area contributed by atoms with Gasteiger partial charge in [-0.1, -0.05) is 24.3 Å². The number of aliphatic hydroxyl groups is 1. The van der Waals surface area contributed by atoms with Crippen molar-refractivity contribution in [2.24, 2.45) is 11.8 Å². The Balaban J connectivity index is 2.03. The molecule has 0 aromatic rings. The summed E-state index contributed by atoms with van der Waals surface area (Å²) in [6.45, 7) is 0. The van der Waals surface area contributed by atoms with Crippen molar-refractivity contribution >= 4 is 0 Å². The summed E-state index contributed by atoms with van der Waals surface area (Å²) in [6.07, 6.45) is 12.0. The van der Waals surface area contributed by atoms with Crippen molar-refractivity contribution in [3.05, 3.63) is 45.6 Å². The van der Waals surface area contributed by atoms with E-state index in [4.69, 9.17) is 0 Å². The van der Waals surface area contributed by atoms with Gasteiger partial charge in [-0.15, -0.1) is 0 Å². The Morgan fingerprint density at radius 2 is 2.17 bits per heavy atom. The molecule has 0 saturated heterocycles. The van der Waals surface area contributed by atoms with Crippen LogP contribution in [0.1, 0.15) is 32.1 Å². The van der Waals surface area contributed by atoms with Crippen LogP contribution in [-0.4, -0.2) is 15.8 Å². The lowest BCUT2D eigenvalue weighted by molar-refractivity contribution is -0.615. The molecule has 0 heterocycles. The molecule has 0 bridgehead atoms. The highest BCUT2D eigenvalue weighted by molar-refractivity contribution is 5.40. The van der Waals surface area contributed by atoms with Gasteiger partial charge in [0.1, 0.15) is 0 Å². The number of hydrogen-bond acceptors (Lipinski definition) is 3. The third-order valence-electron chi connectivity index (χ3n) is 4.53. The standard InChI is InChI=1S/C14H17NO3/c16-14(15(17)18)9-3-6-12-11-5-2-1-4-10(11)7-8-13(12)14/h1,4,7-8,11-12,16H,2-3,5-6,9H2. The molecule has 0 radical (unpaired) electrons. The van der Waals surface area contributed by atoms with Gasteiger partial charge in [0.25, 0.3) is 0 Å². The molecule has 3 atom stereocenters. The van der Waals surface area contributed by atoms with Gasteiger partial charge in [0, 0.05) is 12.0 Å². The van der Waals surface area contributed by atoms with E-state index in [1.165, 1.54) is 5.57 Å². The summed E-state index contributed by atoms with van der Waals surface area (Å²) in [5.41, 5.74) is 0.0666. The Morgan fingerprint density at radius 1 is 1.33 bits per heavy atom. The van der Waals surface area contributed by atoms with Crippen molar-refractivity contribution < 1.29 is 10.0 Å². The largest absolute Gasteiger partial charge is 0.345 e. The number of fused-ring (bicyclic) bond motifs is 3. The second kappa shape index (κ2) is 4.05. The summed E-state index contributed by atoms with van der Waals surface area (Å²) in [5.74, 6) is 0.515. The zero-order chi connectivity index (χ0) is 12.8. The van der Waals surface area contributed by atoms with E-state index in [9.17, 15) is 15.2 Å². The predicted molar refractivity (Wildman–Crippen MR) is 67.3 cm³/mol. The average molecular weight is 247 g/mol. The Bertz CT molecular complexity index is 477. The lowest BCUT2D eigenvalue weighted by Crippen LogP contribution is -2.47. The quantitative estimate of drug-likeness (QED) is 0.440. The molecule has 3 aliphatic carbocycles. The van der Waals surface area contributed by atoms with Crippen LogP contribution in [0.3, 0.4) is 0 Å². The minimum absolute atomic E-state index is 0.152. The van der Waals surface area contributed by atoms with Crippen LogP contribution >= 0.6 is 0 Å². The van der Waals surface area contributed by atoms with Gasteiger partial charge in [-0.05, 0) is 43.1 Å². The SMILES string of the molecule is O=[N+]([O-])C1(O)CCCC2C1=CC=C1C=CCCC12. The molecule has 4 heteroatoms. The van der Waals surface area contributed by atoms with Gasteiger partial charge < -0.3 is 5.11 Å². The molecule has 0 aromatic heterocycles. The molecule has 0 spiro atoms. The van der Waals surface area contributed by atoms with Crippen LogP contribution in [0.4, 0.5) is 0 Å². The molecule has 0 amide bonds. The topological polar surface area (TPSA) is 63.4 Å². The molecule has 4 nitrogen and oxygen atoms in total. The van der Waals surface area contributed by atoms with E-state index in [1.807, 2.05) is 6.08 Å². The van der Waals surface area contributed by atoms with E-state index in [2.05, 4.69) is 12.2 Å². The zero-order valence-corrected chi connectivity index (χ0v) is 10.2. The molecule has 96 valence electrons. The van der Waals surface area contributed by atoms with Gasteiger partial charge in [0.05, 0.1) is 4.92 Å². The Morgan fingerprint density at radius 3 is 2.94 bits per heavy atom. The smallest absolute Gasteiger partial charge is 0.327 e. The van der Waals surface area contributed by atoms with Gasteiger partial charge in [0.15, 0.2) is 0 Å². The number of nitro groups is 1. The van der Waals surface area contributed by atoms with E-state index in [-0.39, 0.29) is 12.3 Å². The maximum absolute atomic E-state index is 11.2. The first kappa shape index (κ1) is 11.7. The maximum Gasteiger partial charge on any atom is 0.345 e. The van der Waals surface area contributed by atoms with E-state index in [1.54, 1.807) is 6.08 Å². The van der Waals surface area contributed by atoms with Crippen LogP contribution in [0.25, 0.3) is 0 Å². The fraction of sp³-hybridized carbons (Fsp3) is 0.571. The Kier molecular flexibility index (Phi) is 2.63. The molecule has 3 rings (SSSR count). The number of nitrogens with zero attached hydrogens (tertiary/aromatic N) is 1. The second-order valence-electron chi connectivity index (χ2n) is 5.45. The molecule has 1 fully saturated rings. The molecule has 0 aliphatic heterocycles. The maximum atomic E-state index is 11.2. The average Bonchev–Trinajstić information content (AvgIpc) is 2.39. The van der Waals surface area contributed by atoms with Crippen LogP contribution in [0.2, 0.25) is 0 Å². The molecule has 0 aromatic carbocycles. The van der Waals surface area contributed by atoms with Gasteiger partial charge in [-0.2, -0.15) is 0 Å². The van der Waals surface area contributed by atoms with Crippen LogP contribution in [0.15, 0.2) is 35.5 Å². The highest BCUT2D eigenvalue weighted by Gasteiger charge is 2.52. The van der Waals surface area contributed by atoms with Crippen molar-refractivity contribution in [3.63, 3.8) is 0 Å². The summed E-state index contributed by atoms with van der Waals surface area (Å²) in [5, 5.41) is 21.5. The Hall–Kier alpha value is -1.42. The molecule has 3 unspecified atom stereocenters. The second-order valence-corrected chi connectivity index (χ2v) is 5.45. The number of allylic oxidation sites excluding steroid dienone is 5. The summed E-state index contributed by atoms with van der Waals surface area (Å²) in [6, 6.07) is 0. The molecule has 3 aliphatic rings. The van der Waals surface area contributed by atoms with E-state index >= 15 is 0 Å². The molecule has 18 heavy (non-hydrogen) atoms. The predicted octanol–water partition coefficient (Wildman–Crippen LogP) is 2.58. The summed E-state index contributed by atoms with van der Waals surface area (Å²) in [4.78, 5) is 10.7. The van der Waals surface area contributed by atoms with Crippen molar-refractivity contribution in [2.45, 2.75) is 37.8 Å². The fourth-order valence-electron chi connectivity index (χ4n) is 3.62. The highest BCUT2D eigenvalue weighted by Crippen LogP contribution is 2.48. The fourth-order valence-corrected chi connectivity index (χ4v) is 3.62. The summed E-state index contributed by atoms with van der Waals surface area (Å²) < 4.78 is 0. The van der Waals surface area contributed by atoms with Crippen LogP contribution in [0, 0.1) is 22.0 Å². The lowest BCUT2D eigenvalue weighted by atomic mass is 9.65. The van der Waals surface area contributed by atoms with Gasteiger partial charge in [0.2, 0.25) is 0 Å². The molecular formula is C14H17NO3. The summed E-state index contributed by atoms with van der Waals surface area (Å²) in [7, 11) is 0. The normalized spacial score (nSPS) is 38.3. The molecule has 1 saturated carbocycles. The Labute approximate surface area is 106 Å². The highest BCUT2D eigenvalue weighted by atomic mass is 16.7. The molecule has 1 N–H and O–H groups in total. The van der Waals surface area contributed by atoms with Crippen molar-refractivity contribution in [1.29, 1.82) is 0 Å². The van der Waals surface area contributed by atoms with Crippen LogP contribution < -0.4 is 0 Å². The first-order valence-electron chi connectivity index (χ1n) is 6.58.